The van der Waals surface area contributed by atoms with Gasteiger partial charge in [-0.2, -0.15) is 5.10 Å². The predicted octanol–water partition coefficient (Wildman–Crippen LogP) is 2.34. The number of nitrogens with zero attached hydrogens (tertiary/aromatic N) is 2. The Kier molecular flexibility index (Phi) is 5.34. The monoisotopic (exact) mass is 391 g/mol. The summed E-state index contributed by atoms with van der Waals surface area (Å²) >= 11 is 0. The van der Waals surface area contributed by atoms with E-state index in [9.17, 15) is 23.5 Å². The molecule has 0 aliphatic heterocycles. The van der Waals surface area contributed by atoms with Gasteiger partial charge in [-0.05, 0) is 43.4 Å². The molecule has 3 rings (SSSR count). The van der Waals surface area contributed by atoms with Crippen molar-refractivity contribution in [3.8, 4) is 11.1 Å². The van der Waals surface area contributed by atoms with Crippen molar-refractivity contribution < 1.29 is 18.7 Å². The van der Waals surface area contributed by atoms with E-state index in [1.165, 1.54) is 6.07 Å². The zero-order valence-electron chi connectivity index (χ0n) is 16.0. The predicted molar refractivity (Wildman–Crippen MR) is 99.7 cm³/mol. The van der Waals surface area contributed by atoms with E-state index in [2.05, 4.69) is 10.4 Å². The van der Waals surface area contributed by atoms with E-state index in [4.69, 9.17) is 0 Å². The fourth-order valence-electron chi connectivity index (χ4n) is 3.50. The lowest BCUT2D eigenvalue weighted by Crippen LogP contribution is -2.54. The fraction of sp³-hybridized carbons (Fsp3) is 0.450. The first-order valence-corrected chi connectivity index (χ1v) is 9.14. The molecule has 2 aromatic rings. The SMILES string of the molecule is CC(C)c1nn(CC(=O)N[C@H]2C[C@](C)(O)C2)c(=O)cc1-c1cc(F)cc(F)c1. The van der Waals surface area contributed by atoms with E-state index in [-0.39, 0.29) is 30.0 Å². The molecule has 0 bridgehead atoms. The standard InChI is InChI=1S/C20H23F2N3O3/c1-11(2)19-16(12-4-13(21)6-14(22)5-12)7-18(27)25(24-19)10-17(26)23-15-8-20(3,28)9-15/h4-7,11,15,28H,8-10H2,1-3H3,(H,23,26)/t15-,20-. The number of hydrogen-bond donors (Lipinski definition) is 2. The van der Waals surface area contributed by atoms with Crippen LogP contribution < -0.4 is 10.9 Å². The van der Waals surface area contributed by atoms with Gasteiger partial charge < -0.3 is 10.4 Å². The molecule has 1 aliphatic carbocycles. The van der Waals surface area contributed by atoms with Gasteiger partial charge in [0.1, 0.15) is 18.2 Å². The van der Waals surface area contributed by atoms with Gasteiger partial charge in [-0.25, -0.2) is 13.5 Å². The molecular weight excluding hydrogens is 368 g/mol. The van der Waals surface area contributed by atoms with E-state index >= 15 is 0 Å². The summed E-state index contributed by atoms with van der Waals surface area (Å²) in [5, 5.41) is 16.8. The van der Waals surface area contributed by atoms with Gasteiger partial charge in [0.2, 0.25) is 5.91 Å². The minimum atomic E-state index is -0.764. The number of hydrogen-bond acceptors (Lipinski definition) is 4. The summed E-state index contributed by atoms with van der Waals surface area (Å²) < 4.78 is 28.2. The van der Waals surface area contributed by atoms with E-state index in [0.717, 1.165) is 22.9 Å². The topological polar surface area (TPSA) is 84.2 Å². The Labute approximate surface area is 161 Å². The van der Waals surface area contributed by atoms with E-state index < -0.39 is 22.8 Å². The van der Waals surface area contributed by atoms with Gasteiger partial charge in [0.05, 0.1) is 11.3 Å². The van der Waals surface area contributed by atoms with E-state index in [1.807, 2.05) is 13.8 Å². The maximum atomic E-state index is 13.6. The molecule has 0 radical (unpaired) electrons. The molecule has 28 heavy (non-hydrogen) atoms. The molecule has 0 spiro atoms. The van der Waals surface area contributed by atoms with E-state index in [0.29, 0.717) is 24.1 Å². The van der Waals surface area contributed by atoms with Crippen molar-refractivity contribution >= 4 is 5.91 Å². The van der Waals surface area contributed by atoms with Gasteiger partial charge in [-0.1, -0.05) is 13.8 Å². The normalized spacial score (nSPS) is 21.5. The number of benzene rings is 1. The zero-order chi connectivity index (χ0) is 20.6. The summed E-state index contributed by atoms with van der Waals surface area (Å²) in [5.74, 6) is -2.01. The smallest absolute Gasteiger partial charge is 0.267 e. The van der Waals surface area contributed by atoms with Crippen molar-refractivity contribution in [3.63, 3.8) is 0 Å². The number of nitrogens with one attached hydrogen (secondary N) is 1. The molecule has 1 heterocycles. The molecule has 0 atom stereocenters. The highest BCUT2D eigenvalue weighted by Gasteiger charge is 2.39. The second-order valence-corrected chi connectivity index (χ2v) is 7.92. The number of halogens is 2. The minimum absolute atomic E-state index is 0.127. The van der Waals surface area contributed by atoms with Gasteiger partial charge in [0.25, 0.3) is 5.56 Å². The Hall–Kier alpha value is -2.61. The molecule has 1 fully saturated rings. The van der Waals surface area contributed by atoms with Crippen LogP contribution in [0.4, 0.5) is 8.78 Å². The van der Waals surface area contributed by atoms with Crippen LogP contribution in [-0.4, -0.2) is 32.4 Å². The highest BCUT2D eigenvalue weighted by Crippen LogP contribution is 2.31. The number of carbonyl (C=O) groups excluding carboxylic acids is 1. The second kappa shape index (κ2) is 7.43. The van der Waals surface area contributed by atoms with Crippen LogP contribution in [-0.2, 0) is 11.3 Å². The van der Waals surface area contributed by atoms with Crippen molar-refractivity contribution in [2.75, 3.05) is 0 Å². The molecule has 0 saturated heterocycles. The van der Waals surface area contributed by atoms with Crippen molar-refractivity contribution in [1.29, 1.82) is 0 Å². The molecule has 1 aromatic heterocycles. The van der Waals surface area contributed by atoms with Crippen LogP contribution in [0, 0.1) is 11.6 Å². The first kappa shape index (κ1) is 20.1. The number of aromatic nitrogens is 2. The largest absolute Gasteiger partial charge is 0.390 e. The van der Waals surface area contributed by atoms with Crippen molar-refractivity contribution in [1.82, 2.24) is 15.1 Å². The van der Waals surface area contributed by atoms with E-state index in [1.54, 1.807) is 6.92 Å². The summed E-state index contributed by atoms with van der Waals surface area (Å²) in [6.45, 7) is 5.11. The molecule has 0 unspecified atom stereocenters. The maximum absolute atomic E-state index is 13.6. The Morgan fingerprint density at radius 3 is 2.43 bits per heavy atom. The summed E-state index contributed by atoms with van der Waals surface area (Å²) in [7, 11) is 0. The lowest BCUT2D eigenvalue weighted by atomic mass is 9.77. The average Bonchev–Trinajstić information content (AvgIpc) is 2.53. The molecule has 2 N–H and O–H groups in total. The summed E-state index contributed by atoms with van der Waals surface area (Å²) in [6, 6.07) is 4.17. The van der Waals surface area contributed by atoms with Crippen LogP contribution in [0.25, 0.3) is 11.1 Å². The summed E-state index contributed by atoms with van der Waals surface area (Å²) in [4.78, 5) is 24.7. The average molecular weight is 391 g/mol. The third kappa shape index (κ3) is 4.44. The van der Waals surface area contributed by atoms with Crippen LogP contribution in [0.3, 0.4) is 0 Å². The van der Waals surface area contributed by atoms with Crippen LogP contribution in [0.2, 0.25) is 0 Å². The van der Waals surface area contributed by atoms with Gasteiger partial charge in [-0.3, -0.25) is 9.59 Å². The summed E-state index contributed by atoms with van der Waals surface area (Å²) in [6.07, 6.45) is 0.921. The molecule has 6 nitrogen and oxygen atoms in total. The third-order valence-corrected chi connectivity index (χ3v) is 4.78. The number of rotatable bonds is 5. The van der Waals surface area contributed by atoms with Gasteiger partial charge >= 0.3 is 0 Å². The number of amides is 1. The quantitative estimate of drug-likeness (QED) is 0.820. The number of carbonyl (C=O) groups is 1. The Balaban J connectivity index is 1.87. The molecule has 1 aromatic carbocycles. The van der Waals surface area contributed by atoms with Crippen LogP contribution in [0.15, 0.2) is 29.1 Å². The van der Waals surface area contributed by atoms with Crippen LogP contribution >= 0.6 is 0 Å². The van der Waals surface area contributed by atoms with Crippen molar-refractivity contribution in [2.45, 2.75) is 57.7 Å². The third-order valence-electron chi connectivity index (χ3n) is 4.78. The van der Waals surface area contributed by atoms with Gasteiger partial charge in [-0.15, -0.1) is 0 Å². The number of aliphatic hydroxyl groups is 1. The molecule has 8 heteroatoms. The Morgan fingerprint density at radius 1 is 1.29 bits per heavy atom. The highest BCUT2D eigenvalue weighted by molar-refractivity contribution is 5.76. The fourth-order valence-corrected chi connectivity index (χ4v) is 3.50. The van der Waals surface area contributed by atoms with Crippen LogP contribution in [0.5, 0.6) is 0 Å². The minimum Gasteiger partial charge on any atom is -0.390 e. The zero-order valence-corrected chi connectivity index (χ0v) is 16.0. The first-order chi connectivity index (χ1) is 13.0. The summed E-state index contributed by atoms with van der Waals surface area (Å²) in [5.41, 5.74) is -0.285. The first-order valence-electron chi connectivity index (χ1n) is 9.14. The Bertz CT molecular complexity index is 941. The van der Waals surface area contributed by atoms with Gasteiger partial charge in [0, 0.05) is 23.7 Å². The Morgan fingerprint density at radius 2 is 1.89 bits per heavy atom. The van der Waals surface area contributed by atoms with Crippen molar-refractivity contribution in [3.05, 3.63) is 51.9 Å². The van der Waals surface area contributed by atoms with Crippen LogP contribution in [0.1, 0.15) is 45.2 Å². The molecule has 1 aliphatic rings. The van der Waals surface area contributed by atoms with Gasteiger partial charge in [0.15, 0.2) is 0 Å². The molecule has 1 saturated carbocycles. The maximum Gasteiger partial charge on any atom is 0.267 e. The molecule has 1 amide bonds. The van der Waals surface area contributed by atoms with Crippen molar-refractivity contribution in [2.24, 2.45) is 0 Å². The molecular formula is C20H23F2N3O3. The second-order valence-electron chi connectivity index (χ2n) is 7.92. The lowest BCUT2D eigenvalue weighted by Gasteiger charge is -2.41. The highest BCUT2D eigenvalue weighted by atomic mass is 19.1. The lowest BCUT2D eigenvalue weighted by molar-refractivity contribution is -0.125. The molecule has 150 valence electrons.